The Hall–Kier alpha value is -1.65. The molecule has 0 saturated heterocycles. The number of ketones is 1. The molecule has 0 N–H and O–H groups in total. The summed E-state index contributed by atoms with van der Waals surface area (Å²) in [6.07, 6.45) is -0.175. The van der Waals surface area contributed by atoms with Gasteiger partial charge in [-0.3, -0.25) is 4.79 Å². The number of carbonyl (C=O) groups is 2. The van der Waals surface area contributed by atoms with Crippen molar-refractivity contribution in [2.45, 2.75) is 6.42 Å². The van der Waals surface area contributed by atoms with Crippen LogP contribution in [0.15, 0.2) is 12.1 Å². The summed E-state index contributed by atoms with van der Waals surface area (Å²) in [5.74, 6) is -5.27. The largest absolute Gasteiger partial charge is 0.303 e. The first-order chi connectivity index (χ1) is 6.56. The lowest BCUT2D eigenvalue weighted by molar-refractivity contribution is -0.107. The van der Waals surface area contributed by atoms with Gasteiger partial charge in [0.1, 0.15) is 6.29 Å². The van der Waals surface area contributed by atoms with Gasteiger partial charge in [-0.2, -0.15) is 0 Å². The topological polar surface area (TPSA) is 34.1 Å². The third-order valence-electron chi connectivity index (χ3n) is 1.57. The first-order valence-electron chi connectivity index (χ1n) is 3.67. The van der Waals surface area contributed by atoms with Gasteiger partial charge in [0.25, 0.3) is 0 Å². The third-order valence-corrected chi connectivity index (χ3v) is 1.57. The number of Topliss-reactive ketones (excluding diaryl/α,β-unsaturated/α-hetero) is 1. The minimum atomic E-state index is -1.63. The molecule has 1 aromatic carbocycles. The number of hydrogen-bond acceptors (Lipinski definition) is 2. The molecule has 1 aromatic rings. The van der Waals surface area contributed by atoms with Crippen LogP contribution in [0.1, 0.15) is 16.8 Å². The monoisotopic (exact) mass is 202 g/mol. The Balaban J connectivity index is 3.12. The molecule has 0 amide bonds. The van der Waals surface area contributed by atoms with Crippen molar-refractivity contribution in [1.29, 1.82) is 0 Å². The van der Waals surface area contributed by atoms with Crippen LogP contribution in [0.3, 0.4) is 0 Å². The first-order valence-corrected chi connectivity index (χ1v) is 3.67. The van der Waals surface area contributed by atoms with E-state index in [9.17, 15) is 22.8 Å². The predicted molar refractivity (Wildman–Crippen MR) is 41.3 cm³/mol. The van der Waals surface area contributed by atoms with Crippen molar-refractivity contribution in [2.75, 3.05) is 0 Å². The average molecular weight is 202 g/mol. The molecule has 0 atom stereocenters. The SMILES string of the molecule is O=CCC(=O)c1cc(F)c(F)c(F)c1. The summed E-state index contributed by atoms with van der Waals surface area (Å²) in [6, 6.07) is 1.12. The Morgan fingerprint density at radius 3 is 2.14 bits per heavy atom. The number of carbonyl (C=O) groups excluding carboxylic acids is 2. The van der Waals surface area contributed by atoms with Crippen LogP contribution in [0.25, 0.3) is 0 Å². The molecule has 0 saturated carbocycles. The molecule has 0 heterocycles. The molecule has 5 heteroatoms. The average Bonchev–Trinajstić information content (AvgIpc) is 2.13. The van der Waals surface area contributed by atoms with Crippen LogP contribution in [-0.2, 0) is 4.79 Å². The predicted octanol–water partition coefficient (Wildman–Crippen LogP) is 1.88. The number of aldehydes is 1. The van der Waals surface area contributed by atoms with Crippen molar-refractivity contribution in [3.05, 3.63) is 35.1 Å². The zero-order valence-corrected chi connectivity index (χ0v) is 6.89. The normalized spacial score (nSPS) is 9.93. The molecule has 2 nitrogen and oxygen atoms in total. The molecule has 0 spiro atoms. The van der Waals surface area contributed by atoms with Gasteiger partial charge in [0, 0.05) is 5.56 Å². The van der Waals surface area contributed by atoms with Crippen molar-refractivity contribution < 1.29 is 22.8 Å². The maximum absolute atomic E-state index is 12.6. The minimum absolute atomic E-state index is 0.307. The Morgan fingerprint density at radius 2 is 1.71 bits per heavy atom. The molecule has 0 bridgehead atoms. The summed E-state index contributed by atoms with van der Waals surface area (Å²) < 4.78 is 37.6. The number of hydrogen-bond donors (Lipinski definition) is 0. The molecule has 0 aliphatic rings. The molecule has 0 aromatic heterocycles. The second-order valence-electron chi connectivity index (χ2n) is 2.55. The van der Waals surface area contributed by atoms with Gasteiger partial charge < -0.3 is 4.79 Å². The van der Waals surface area contributed by atoms with Crippen LogP contribution in [0.4, 0.5) is 13.2 Å². The van der Waals surface area contributed by atoms with Crippen molar-refractivity contribution in [2.24, 2.45) is 0 Å². The molecule has 14 heavy (non-hydrogen) atoms. The number of benzene rings is 1. The van der Waals surface area contributed by atoms with E-state index in [1.165, 1.54) is 0 Å². The van der Waals surface area contributed by atoms with Crippen molar-refractivity contribution in [3.8, 4) is 0 Å². The molecule has 0 unspecified atom stereocenters. The van der Waals surface area contributed by atoms with E-state index in [-0.39, 0.29) is 5.56 Å². The van der Waals surface area contributed by atoms with Gasteiger partial charge in [0.2, 0.25) is 0 Å². The molecular weight excluding hydrogens is 197 g/mol. The fourth-order valence-corrected chi connectivity index (χ4v) is 0.910. The van der Waals surface area contributed by atoms with E-state index < -0.39 is 29.7 Å². The Morgan fingerprint density at radius 1 is 1.21 bits per heavy atom. The Labute approximate surface area is 77.3 Å². The highest BCUT2D eigenvalue weighted by Crippen LogP contribution is 2.14. The van der Waals surface area contributed by atoms with Gasteiger partial charge in [-0.25, -0.2) is 13.2 Å². The Kier molecular flexibility index (Phi) is 3.01. The van der Waals surface area contributed by atoms with Crippen LogP contribution in [-0.4, -0.2) is 12.1 Å². The van der Waals surface area contributed by atoms with Gasteiger partial charge >= 0.3 is 0 Å². The maximum atomic E-state index is 12.6. The fraction of sp³-hybridized carbons (Fsp3) is 0.111. The quantitative estimate of drug-likeness (QED) is 0.324. The summed E-state index contributed by atoms with van der Waals surface area (Å²) in [7, 11) is 0. The van der Waals surface area contributed by atoms with Crippen LogP contribution in [0, 0.1) is 17.5 Å². The van der Waals surface area contributed by atoms with Crippen LogP contribution in [0.5, 0.6) is 0 Å². The maximum Gasteiger partial charge on any atom is 0.194 e. The highest BCUT2D eigenvalue weighted by Gasteiger charge is 2.14. The van der Waals surface area contributed by atoms with E-state index in [2.05, 4.69) is 0 Å². The van der Waals surface area contributed by atoms with Crippen LogP contribution >= 0.6 is 0 Å². The number of halogens is 3. The molecule has 1 rings (SSSR count). The smallest absolute Gasteiger partial charge is 0.194 e. The first kappa shape index (κ1) is 10.4. The molecular formula is C9H5F3O2. The molecule has 0 aliphatic carbocycles. The number of rotatable bonds is 3. The third kappa shape index (κ3) is 1.99. The molecule has 74 valence electrons. The van der Waals surface area contributed by atoms with Gasteiger partial charge in [0.05, 0.1) is 6.42 Å². The van der Waals surface area contributed by atoms with E-state index >= 15 is 0 Å². The van der Waals surface area contributed by atoms with Gasteiger partial charge in [-0.1, -0.05) is 0 Å². The zero-order chi connectivity index (χ0) is 10.7. The second kappa shape index (κ2) is 4.04. The fourth-order valence-electron chi connectivity index (χ4n) is 0.910. The summed E-state index contributed by atoms with van der Waals surface area (Å²) in [4.78, 5) is 20.9. The lowest BCUT2D eigenvalue weighted by Crippen LogP contribution is -2.03. The Bertz CT molecular complexity index is 365. The second-order valence-corrected chi connectivity index (χ2v) is 2.55. The van der Waals surface area contributed by atoms with Crippen molar-refractivity contribution in [3.63, 3.8) is 0 Å². The van der Waals surface area contributed by atoms with E-state index in [0.29, 0.717) is 18.4 Å². The lowest BCUT2D eigenvalue weighted by atomic mass is 10.1. The summed E-state index contributed by atoms with van der Waals surface area (Å²) in [5, 5.41) is 0. The highest BCUT2D eigenvalue weighted by molar-refractivity contribution is 6.02. The summed E-state index contributed by atoms with van der Waals surface area (Å²) in [5.41, 5.74) is -0.353. The molecule has 0 aliphatic heterocycles. The highest BCUT2D eigenvalue weighted by atomic mass is 19.2. The van der Waals surface area contributed by atoms with Gasteiger partial charge in [0.15, 0.2) is 23.2 Å². The summed E-state index contributed by atoms with van der Waals surface area (Å²) >= 11 is 0. The van der Waals surface area contributed by atoms with Crippen molar-refractivity contribution in [1.82, 2.24) is 0 Å². The van der Waals surface area contributed by atoms with Crippen LogP contribution in [0.2, 0.25) is 0 Å². The minimum Gasteiger partial charge on any atom is -0.303 e. The van der Waals surface area contributed by atoms with E-state index in [0.717, 1.165) is 0 Å². The molecule has 0 fully saturated rings. The van der Waals surface area contributed by atoms with E-state index in [1.807, 2.05) is 0 Å². The lowest BCUT2D eigenvalue weighted by Gasteiger charge is -1.99. The molecule has 0 radical (unpaired) electrons. The van der Waals surface area contributed by atoms with Crippen LogP contribution < -0.4 is 0 Å². The zero-order valence-electron chi connectivity index (χ0n) is 6.89. The van der Waals surface area contributed by atoms with Gasteiger partial charge in [-0.05, 0) is 12.1 Å². The standard InChI is InChI=1S/C9H5F3O2/c10-6-3-5(8(14)1-2-13)4-7(11)9(6)12/h2-4H,1H2. The van der Waals surface area contributed by atoms with Gasteiger partial charge in [-0.15, -0.1) is 0 Å². The van der Waals surface area contributed by atoms with E-state index in [4.69, 9.17) is 0 Å². The summed E-state index contributed by atoms with van der Waals surface area (Å²) in [6.45, 7) is 0. The van der Waals surface area contributed by atoms with E-state index in [1.54, 1.807) is 0 Å². The van der Waals surface area contributed by atoms with Crippen molar-refractivity contribution >= 4 is 12.1 Å².